The Morgan fingerprint density at radius 2 is 1.72 bits per heavy atom. The van der Waals surface area contributed by atoms with Gasteiger partial charge in [0.2, 0.25) is 0 Å². The molecule has 1 rings (SSSR count). The molecule has 1 nitrogen and oxygen atoms in total. The van der Waals surface area contributed by atoms with E-state index in [0.29, 0.717) is 22.6 Å². The smallest absolute Gasteiger partial charge is 0.396 e. The maximum atomic E-state index is 12.0. The van der Waals surface area contributed by atoms with E-state index >= 15 is 0 Å². The molecule has 1 N–H and O–H groups in total. The molecule has 0 unspecified atom stereocenters. The zero-order valence-electron chi connectivity index (χ0n) is 8.51. The minimum atomic E-state index is -4.25. The molecule has 0 saturated carbocycles. The fraction of sp³-hybridized carbons (Fsp3) is 0.429. The molecule has 0 aromatic carbocycles. The van der Waals surface area contributed by atoms with Crippen molar-refractivity contribution in [2.45, 2.75) is 12.6 Å². The summed E-state index contributed by atoms with van der Waals surface area (Å²) in [7, 11) is 5.63. The van der Waals surface area contributed by atoms with Gasteiger partial charge in [-0.05, 0) is 12.1 Å². The van der Waals surface area contributed by atoms with Crippen LogP contribution in [0.15, 0.2) is 12.1 Å². The molecule has 1 aromatic heterocycles. The highest BCUT2D eigenvalue weighted by Gasteiger charge is 2.32. The lowest BCUT2D eigenvalue weighted by Gasteiger charge is -2.00. The molecular weight excluding hydrogens is 382 g/mol. The van der Waals surface area contributed by atoms with Crippen molar-refractivity contribution in [1.82, 2.24) is 0 Å². The van der Waals surface area contributed by atoms with Crippen LogP contribution in [0.3, 0.4) is 0 Å². The summed E-state index contributed by atoms with van der Waals surface area (Å²) < 4.78 is 36.0. The van der Waals surface area contributed by atoms with E-state index in [2.05, 4.69) is 22.4 Å². The average molecular weight is 389 g/mol. The number of thiophene rings is 1. The maximum absolute atomic E-state index is 12.0. The van der Waals surface area contributed by atoms with Crippen LogP contribution in [0.25, 0.3) is 0 Å². The quantitative estimate of drug-likeness (QED) is 0.840. The molecule has 0 bridgehead atoms. The number of hydrogen-bond acceptors (Lipinski definition) is 4. The normalized spacial score (nSPS) is 10.0. The third-order valence-corrected chi connectivity index (χ3v) is 9.24. The Bertz CT molecular complexity index is 493. The highest BCUT2D eigenvalue weighted by molar-refractivity contribution is 8.64. The predicted octanol–water partition coefficient (Wildman–Crippen LogP) is 2.29. The first-order valence-electron chi connectivity index (χ1n) is 4.14. The lowest BCUT2D eigenvalue weighted by Crippen LogP contribution is -2.00. The van der Waals surface area contributed by atoms with Crippen LogP contribution in [0.5, 0.6) is 0 Å². The second-order valence-corrected chi connectivity index (χ2v) is 10.8. The fourth-order valence-corrected chi connectivity index (χ4v) is 7.15. The van der Waals surface area contributed by atoms with Crippen molar-refractivity contribution in [2.75, 3.05) is 6.61 Å². The first-order valence-corrected chi connectivity index (χ1v) is 11.6. The summed E-state index contributed by atoms with van der Waals surface area (Å²) in [5.74, 6) is 0. The zero-order chi connectivity index (χ0) is 14.0. The van der Waals surface area contributed by atoms with Crippen LogP contribution in [0.1, 0.15) is 9.75 Å². The van der Waals surface area contributed by atoms with Gasteiger partial charge in [0.15, 0.2) is 0 Å². The van der Waals surface area contributed by atoms with Crippen molar-refractivity contribution in [3.05, 3.63) is 21.9 Å². The molecule has 1 aromatic rings. The van der Waals surface area contributed by atoms with Crippen molar-refractivity contribution in [1.29, 1.82) is 0 Å². The molecule has 0 spiro atoms. The molecule has 0 aliphatic carbocycles. The molecule has 0 aliphatic rings. The lowest BCUT2D eigenvalue weighted by molar-refractivity contribution is -0.134. The van der Waals surface area contributed by atoms with Gasteiger partial charge in [0.25, 0.3) is 0 Å². The molecule has 0 aliphatic heterocycles. The van der Waals surface area contributed by atoms with Crippen LogP contribution in [-0.4, -0.2) is 11.7 Å². The van der Waals surface area contributed by atoms with E-state index in [-0.39, 0.29) is 6.61 Å². The topological polar surface area (TPSA) is 20.2 Å². The van der Waals surface area contributed by atoms with Crippen molar-refractivity contribution < 1.29 is 18.3 Å². The molecule has 1 heterocycles. The van der Waals surface area contributed by atoms with Crippen LogP contribution < -0.4 is 0 Å². The second-order valence-electron chi connectivity index (χ2n) is 2.51. The maximum Gasteiger partial charge on any atom is 0.425 e. The van der Waals surface area contributed by atoms with Crippen molar-refractivity contribution in [2.24, 2.45) is 0 Å². The monoisotopic (exact) mass is 388 g/mol. The number of rotatable bonds is 2. The Balaban J connectivity index is 0.000000411. The molecule has 0 fully saturated rings. The van der Waals surface area contributed by atoms with E-state index in [1.165, 1.54) is 41.6 Å². The van der Waals surface area contributed by atoms with Gasteiger partial charge in [0, 0.05) is 75.8 Å². The standard InChI is InChI=1S/C7H7F3OS.S6/c8-7(9,10)6-2-1-5(12-6)3-4-11;1-3-5-6-4-2/h1-2,11H,3-4H2;. The van der Waals surface area contributed by atoms with Gasteiger partial charge >= 0.3 is 6.18 Å². The summed E-state index contributed by atoms with van der Waals surface area (Å²) in [6.07, 6.45) is -3.96. The Kier molecular flexibility index (Phi) is 11.0. The summed E-state index contributed by atoms with van der Waals surface area (Å²) in [4.78, 5) is -0.0456. The van der Waals surface area contributed by atoms with Crippen LogP contribution in [0, 0.1) is 0 Å². The Morgan fingerprint density at radius 1 is 1.17 bits per heavy atom. The van der Waals surface area contributed by atoms with E-state index < -0.39 is 11.1 Å². The average Bonchev–Trinajstić information content (AvgIpc) is 2.76. The molecule has 0 saturated heterocycles. The first-order chi connectivity index (χ1) is 8.45. The highest BCUT2D eigenvalue weighted by Crippen LogP contribution is 2.34. The van der Waals surface area contributed by atoms with Crippen molar-refractivity contribution in [3.8, 4) is 0 Å². The van der Waals surface area contributed by atoms with Crippen molar-refractivity contribution in [3.63, 3.8) is 0 Å². The summed E-state index contributed by atoms with van der Waals surface area (Å²) in [6, 6.07) is 2.43. The first kappa shape index (κ1) is 18.8. The lowest BCUT2D eigenvalue weighted by atomic mass is 10.3. The van der Waals surface area contributed by atoms with Crippen LogP contribution in [-0.2, 0) is 70.5 Å². The number of hydrogen-bond donors (Lipinski definition) is 1. The van der Waals surface area contributed by atoms with Gasteiger partial charge in [-0.1, -0.05) is 0 Å². The summed E-state index contributed by atoms with van der Waals surface area (Å²) in [6.45, 7) is -0.113. The van der Waals surface area contributed by atoms with Gasteiger partial charge < -0.3 is 5.11 Å². The minimum absolute atomic E-state index is 0.113. The summed E-state index contributed by atoms with van der Waals surface area (Å²) >= 11 is 9.71. The predicted molar refractivity (Wildman–Crippen MR) is 84.3 cm³/mol. The Hall–Kier alpha value is 0.770. The molecular formula is C7H7F3OS7. The van der Waals surface area contributed by atoms with E-state index in [9.17, 15) is 13.2 Å². The van der Waals surface area contributed by atoms with Gasteiger partial charge in [-0.2, -0.15) is 13.2 Å². The SMILES string of the molecule is OCCc1ccc(C(F)(F)F)s1.S=S=S=S=S=S. The fourth-order valence-electron chi connectivity index (χ4n) is 0.798. The molecule has 18 heavy (non-hydrogen) atoms. The van der Waals surface area contributed by atoms with Gasteiger partial charge in [0.05, 0.1) is 0 Å². The van der Waals surface area contributed by atoms with E-state index in [1.807, 2.05) is 0 Å². The molecule has 0 radical (unpaired) electrons. The van der Waals surface area contributed by atoms with E-state index in [4.69, 9.17) is 5.11 Å². The summed E-state index contributed by atoms with van der Waals surface area (Å²) in [5, 5.41) is 8.46. The molecule has 0 atom stereocenters. The minimum Gasteiger partial charge on any atom is -0.396 e. The molecule has 104 valence electrons. The largest absolute Gasteiger partial charge is 0.425 e. The Labute approximate surface area is 128 Å². The molecule has 0 amide bonds. The number of halogens is 3. The number of alkyl halides is 3. The van der Waals surface area contributed by atoms with Gasteiger partial charge in [-0.25, -0.2) is 0 Å². The highest BCUT2D eigenvalue weighted by atomic mass is 33.3. The van der Waals surface area contributed by atoms with Gasteiger partial charge in [-0.3, -0.25) is 0 Å². The van der Waals surface area contributed by atoms with E-state index in [0.717, 1.165) is 6.07 Å². The zero-order valence-corrected chi connectivity index (χ0v) is 14.2. The van der Waals surface area contributed by atoms with Crippen LogP contribution in [0.4, 0.5) is 13.2 Å². The van der Waals surface area contributed by atoms with Crippen molar-refractivity contribution >= 4 is 69.2 Å². The Morgan fingerprint density at radius 3 is 2.06 bits per heavy atom. The number of aliphatic hydroxyl groups is 1. The third kappa shape index (κ3) is 8.80. The summed E-state index contributed by atoms with van der Waals surface area (Å²) in [5.41, 5.74) is 0. The number of aliphatic hydroxyl groups excluding tert-OH is 1. The second kappa shape index (κ2) is 10.5. The van der Waals surface area contributed by atoms with E-state index in [1.54, 1.807) is 0 Å². The molecule has 11 heteroatoms. The van der Waals surface area contributed by atoms with Gasteiger partial charge in [-0.15, -0.1) is 11.3 Å². The third-order valence-electron chi connectivity index (χ3n) is 1.38. The van der Waals surface area contributed by atoms with Crippen LogP contribution in [0.2, 0.25) is 0 Å². The van der Waals surface area contributed by atoms with Crippen LogP contribution >= 0.6 is 11.3 Å². The van der Waals surface area contributed by atoms with Gasteiger partial charge in [0.1, 0.15) is 4.88 Å².